The molecule has 0 amide bonds. The van der Waals surface area contributed by atoms with Crippen LogP contribution in [0.3, 0.4) is 0 Å². The van der Waals surface area contributed by atoms with Gasteiger partial charge in [-0.1, -0.05) is 26.7 Å². The minimum absolute atomic E-state index is 0.0722. The first kappa shape index (κ1) is 24.2. The molecule has 0 saturated heterocycles. The second kappa shape index (κ2) is 13.3. The normalized spacial score (nSPS) is 17.4. The smallest absolute Gasteiger partial charge is 0.215 e. The average Bonchev–Trinajstić information content (AvgIpc) is 3.16. The minimum atomic E-state index is -3.22. The molecule has 1 aliphatic rings. The lowest BCUT2D eigenvalue weighted by molar-refractivity contribution is 0.0177. The van der Waals surface area contributed by atoms with Crippen LogP contribution in [0.2, 0.25) is 0 Å². The molecule has 1 aliphatic carbocycles. The quantitative estimate of drug-likeness (QED) is 0.363. The van der Waals surface area contributed by atoms with Crippen molar-refractivity contribution in [2.45, 2.75) is 65.9 Å². The van der Waals surface area contributed by atoms with E-state index in [1.165, 1.54) is 30.0 Å². The third-order valence-corrected chi connectivity index (χ3v) is 7.11. The summed E-state index contributed by atoms with van der Waals surface area (Å²) in [4.78, 5) is 4.62. The maximum atomic E-state index is 12.3. The highest BCUT2D eigenvalue weighted by molar-refractivity contribution is 7.89. The Morgan fingerprint density at radius 3 is 2.37 bits per heavy atom. The van der Waals surface area contributed by atoms with Gasteiger partial charge in [-0.25, -0.2) is 12.7 Å². The van der Waals surface area contributed by atoms with Crippen LogP contribution in [0.1, 0.15) is 59.8 Å². The van der Waals surface area contributed by atoms with Crippen molar-refractivity contribution >= 4 is 16.0 Å². The van der Waals surface area contributed by atoms with Crippen LogP contribution < -0.4 is 10.6 Å². The van der Waals surface area contributed by atoms with Crippen molar-refractivity contribution in [2.24, 2.45) is 10.9 Å². The number of nitrogens with one attached hydrogen (secondary N) is 2. The standard InChI is InChI=1S/C19H40N4O3S/c1-5-20-19(22-15-16-27(24,25)23(6-2)7-3)21-14-13-18(26-8-4)17-11-9-10-12-17/h17-18H,5-16H2,1-4H3,(H2,20,21,22). The van der Waals surface area contributed by atoms with Crippen LogP contribution in [0.15, 0.2) is 4.99 Å². The largest absolute Gasteiger partial charge is 0.378 e. The molecule has 0 aliphatic heterocycles. The summed E-state index contributed by atoms with van der Waals surface area (Å²) < 4.78 is 32.0. The van der Waals surface area contributed by atoms with E-state index in [9.17, 15) is 8.42 Å². The van der Waals surface area contributed by atoms with E-state index in [2.05, 4.69) is 15.6 Å². The third kappa shape index (κ3) is 8.79. The van der Waals surface area contributed by atoms with Gasteiger partial charge in [0.25, 0.3) is 0 Å². The number of ether oxygens (including phenoxy) is 1. The fourth-order valence-corrected chi connectivity index (χ4v) is 5.09. The fourth-order valence-electron chi connectivity index (χ4n) is 3.69. The second-order valence-electron chi connectivity index (χ2n) is 6.91. The van der Waals surface area contributed by atoms with Gasteiger partial charge >= 0.3 is 0 Å². The van der Waals surface area contributed by atoms with Crippen molar-refractivity contribution in [3.8, 4) is 0 Å². The zero-order chi connectivity index (χ0) is 20.1. The maximum Gasteiger partial charge on any atom is 0.215 e. The van der Waals surface area contributed by atoms with Gasteiger partial charge in [0.15, 0.2) is 5.96 Å². The highest BCUT2D eigenvalue weighted by Gasteiger charge is 2.25. The molecule has 0 heterocycles. The third-order valence-electron chi connectivity index (χ3n) is 5.09. The molecule has 1 saturated carbocycles. The van der Waals surface area contributed by atoms with Crippen molar-refractivity contribution in [1.82, 2.24) is 14.9 Å². The first-order chi connectivity index (χ1) is 13.0. The summed E-state index contributed by atoms with van der Waals surface area (Å²) in [5, 5.41) is 6.34. The molecule has 0 bridgehead atoms. The van der Waals surface area contributed by atoms with E-state index in [1.807, 2.05) is 27.7 Å². The predicted molar refractivity (Wildman–Crippen MR) is 113 cm³/mol. The van der Waals surface area contributed by atoms with E-state index in [1.54, 1.807) is 0 Å². The molecule has 1 rings (SSSR count). The van der Waals surface area contributed by atoms with Crippen LogP contribution in [-0.4, -0.2) is 69.9 Å². The molecule has 160 valence electrons. The lowest BCUT2D eigenvalue weighted by Gasteiger charge is -2.23. The first-order valence-corrected chi connectivity index (χ1v) is 12.2. The summed E-state index contributed by atoms with van der Waals surface area (Å²) in [6, 6.07) is 0. The fraction of sp³-hybridized carbons (Fsp3) is 0.947. The predicted octanol–water partition coefficient (Wildman–Crippen LogP) is 2.20. The van der Waals surface area contributed by atoms with E-state index in [0.29, 0.717) is 38.1 Å². The summed E-state index contributed by atoms with van der Waals surface area (Å²) in [6.45, 7) is 11.3. The minimum Gasteiger partial charge on any atom is -0.378 e. The first-order valence-electron chi connectivity index (χ1n) is 10.6. The highest BCUT2D eigenvalue weighted by Crippen LogP contribution is 2.30. The molecule has 1 atom stereocenters. The van der Waals surface area contributed by atoms with E-state index in [0.717, 1.165) is 19.6 Å². The van der Waals surface area contributed by atoms with Gasteiger partial charge in [0, 0.05) is 39.3 Å². The average molecular weight is 405 g/mol. The molecular weight excluding hydrogens is 364 g/mol. The van der Waals surface area contributed by atoms with Gasteiger partial charge in [-0.15, -0.1) is 0 Å². The molecule has 8 heteroatoms. The number of rotatable bonds is 13. The van der Waals surface area contributed by atoms with Crippen molar-refractivity contribution < 1.29 is 13.2 Å². The summed E-state index contributed by atoms with van der Waals surface area (Å²) >= 11 is 0. The maximum absolute atomic E-state index is 12.3. The van der Waals surface area contributed by atoms with Crippen LogP contribution in [0, 0.1) is 5.92 Å². The van der Waals surface area contributed by atoms with Gasteiger partial charge in [0.05, 0.1) is 11.9 Å². The van der Waals surface area contributed by atoms with Gasteiger partial charge in [0.1, 0.15) is 0 Å². The molecular formula is C19H40N4O3S. The number of hydrogen-bond acceptors (Lipinski definition) is 4. The SMILES string of the molecule is CCNC(=NCCC(OCC)C1CCCC1)NCCS(=O)(=O)N(CC)CC. The Bertz CT molecular complexity index is 515. The topological polar surface area (TPSA) is 83.0 Å². The number of guanidine groups is 1. The Labute approximate surface area is 166 Å². The van der Waals surface area contributed by atoms with E-state index < -0.39 is 10.0 Å². The van der Waals surface area contributed by atoms with Crippen molar-refractivity contribution in [1.29, 1.82) is 0 Å². The zero-order valence-corrected chi connectivity index (χ0v) is 18.5. The van der Waals surface area contributed by atoms with Crippen molar-refractivity contribution in [3.05, 3.63) is 0 Å². The lowest BCUT2D eigenvalue weighted by Crippen LogP contribution is -2.42. The summed E-state index contributed by atoms with van der Waals surface area (Å²) in [5.41, 5.74) is 0. The molecule has 27 heavy (non-hydrogen) atoms. The Balaban J connectivity index is 2.51. The van der Waals surface area contributed by atoms with Crippen LogP contribution in [0.25, 0.3) is 0 Å². The lowest BCUT2D eigenvalue weighted by atomic mass is 9.98. The van der Waals surface area contributed by atoms with E-state index in [4.69, 9.17) is 4.74 Å². The van der Waals surface area contributed by atoms with Crippen molar-refractivity contribution in [2.75, 3.05) is 45.1 Å². The summed E-state index contributed by atoms with van der Waals surface area (Å²) in [7, 11) is -3.22. The number of nitrogens with zero attached hydrogens (tertiary/aromatic N) is 2. The monoisotopic (exact) mass is 404 g/mol. The Morgan fingerprint density at radius 1 is 1.15 bits per heavy atom. The van der Waals surface area contributed by atoms with Crippen LogP contribution in [-0.2, 0) is 14.8 Å². The Hall–Kier alpha value is -0.860. The zero-order valence-electron chi connectivity index (χ0n) is 17.7. The molecule has 2 N–H and O–H groups in total. The molecule has 0 aromatic heterocycles. The molecule has 0 aromatic rings. The highest BCUT2D eigenvalue weighted by atomic mass is 32.2. The molecule has 0 spiro atoms. The van der Waals surface area contributed by atoms with Crippen LogP contribution >= 0.6 is 0 Å². The second-order valence-corrected chi connectivity index (χ2v) is 9.00. The van der Waals surface area contributed by atoms with Crippen molar-refractivity contribution in [3.63, 3.8) is 0 Å². The van der Waals surface area contributed by atoms with Gasteiger partial charge in [-0.05, 0) is 39.0 Å². The Kier molecular flexibility index (Phi) is 11.9. The summed E-state index contributed by atoms with van der Waals surface area (Å²) in [6.07, 6.45) is 6.33. The van der Waals surface area contributed by atoms with Crippen LogP contribution in [0.5, 0.6) is 0 Å². The summed E-state index contributed by atoms with van der Waals surface area (Å²) in [5.74, 6) is 1.41. The van der Waals surface area contributed by atoms with Gasteiger partial charge in [-0.2, -0.15) is 0 Å². The number of aliphatic imine (C=N–C) groups is 1. The molecule has 1 fully saturated rings. The van der Waals surface area contributed by atoms with E-state index >= 15 is 0 Å². The number of sulfonamides is 1. The van der Waals surface area contributed by atoms with E-state index in [-0.39, 0.29) is 11.9 Å². The van der Waals surface area contributed by atoms with Gasteiger partial charge in [-0.3, -0.25) is 4.99 Å². The van der Waals surface area contributed by atoms with Gasteiger partial charge in [0.2, 0.25) is 10.0 Å². The molecule has 1 unspecified atom stereocenters. The molecule has 0 aromatic carbocycles. The molecule has 0 radical (unpaired) electrons. The van der Waals surface area contributed by atoms with Gasteiger partial charge < -0.3 is 15.4 Å². The Morgan fingerprint density at radius 2 is 1.81 bits per heavy atom. The molecule has 7 nitrogen and oxygen atoms in total. The van der Waals surface area contributed by atoms with Crippen LogP contribution in [0.4, 0.5) is 0 Å². The number of hydrogen-bond donors (Lipinski definition) is 2.